The summed E-state index contributed by atoms with van der Waals surface area (Å²) in [5.41, 5.74) is 2.47. The van der Waals surface area contributed by atoms with Crippen molar-refractivity contribution in [3.63, 3.8) is 0 Å². The molecule has 1 aromatic rings. The maximum Gasteiger partial charge on any atom is 0.277 e. The Kier molecular flexibility index (Phi) is 4.93. The summed E-state index contributed by atoms with van der Waals surface area (Å²) in [4.78, 5) is 21.6. The largest absolute Gasteiger partial charge is 0.497 e. The zero-order valence-electron chi connectivity index (χ0n) is 8.74. The minimum atomic E-state index is -1.02. The molecule has 0 aromatic heterocycles. The van der Waals surface area contributed by atoms with Gasteiger partial charge in [0, 0.05) is 0 Å². The van der Waals surface area contributed by atoms with Gasteiger partial charge in [0.05, 0.1) is 12.8 Å². The molecule has 90 valence electrons. The van der Waals surface area contributed by atoms with Crippen LogP contribution in [-0.2, 0) is 9.59 Å². The number of benzene rings is 1. The van der Waals surface area contributed by atoms with E-state index < -0.39 is 16.2 Å². The van der Waals surface area contributed by atoms with Crippen molar-refractivity contribution in [2.24, 2.45) is 5.10 Å². The number of nitrogens with one attached hydrogen (secondary N) is 1. The van der Waals surface area contributed by atoms with Crippen LogP contribution in [0.1, 0.15) is 0 Å². The van der Waals surface area contributed by atoms with E-state index in [-0.39, 0.29) is 0 Å². The predicted molar refractivity (Wildman–Crippen MR) is 65.8 cm³/mol. The molecule has 0 spiro atoms. The van der Waals surface area contributed by atoms with Crippen LogP contribution in [0.3, 0.4) is 0 Å². The third-order valence-electron chi connectivity index (χ3n) is 1.76. The topological polar surface area (TPSA) is 67.8 Å². The number of halogens is 2. The van der Waals surface area contributed by atoms with Gasteiger partial charge in [0.1, 0.15) is 5.75 Å². The van der Waals surface area contributed by atoms with Crippen LogP contribution in [-0.4, -0.2) is 23.3 Å². The van der Waals surface area contributed by atoms with Crippen LogP contribution in [0.4, 0.5) is 5.69 Å². The van der Waals surface area contributed by atoms with Gasteiger partial charge in [0.2, 0.25) is 5.71 Å². The van der Waals surface area contributed by atoms with Crippen LogP contribution in [0.15, 0.2) is 29.4 Å². The van der Waals surface area contributed by atoms with Crippen molar-refractivity contribution >= 4 is 45.1 Å². The van der Waals surface area contributed by atoms with E-state index >= 15 is 0 Å². The fourth-order valence-corrected chi connectivity index (χ4v) is 1.26. The van der Waals surface area contributed by atoms with Crippen molar-refractivity contribution in [1.82, 2.24) is 0 Å². The molecule has 0 heterocycles. The van der Waals surface area contributed by atoms with E-state index in [1.165, 1.54) is 7.11 Å². The van der Waals surface area contributed by atoms with Crippen LogP contribution in [0.25, 0.3) is 0 Å². The molecule has 17 heavy (non-hydrogen) atoms. The minimum absolute atomic E-state index is 0.555. The summed E-state index contributed by atoms with van der Waals surface area (Å²) in [5.74, 6) is 0.668. The Bertz CT molecular complexity index is 441. The van der Waals surface area contributed by atoms with E-state index in [0.717, 1.165) is 0 Å². The molecular weight excluding hydrogens is 267 g/mol. The molecule has 1 aromatic carbocycles. The Morgan fingerprint density at radius 1 is 1.18 bits per heavy atom. The van der Waals surface area contributed by atoms with Gasteiger partial charge < -0.3 is 4.74 Å². The van der Waals surface area contributed by atoms with E-state index in [1.807, 2.05) is 0 Å². The molecule has 0 saturated heterocycles. The van der Waals surface area contributed by atoms with Crippen molar-refractivity contribution in [3.05, 3.63) is 24.3 Å². The van der Waals surface area contributed by atoms with E-state index in [4.69, 9.17) is 27.9 Å². The second-order valence-electron chi connectivity index (χ2n) is 2.85. The van der Waals surface area contributed by atoms with Crippen LogP contribution < -0.4 is 10.2 Å². The lowest BCUT2D eigenvalue weighted by Gasteiger charge is -2.03. The quantitative estimate of drug-likeness (QED) is 0.386. The molecule has 0 unspecified atom stereocenters. The van der Waals surface area contributed by atoms with E-state index in [2.05, 4.69) is 10.5 Å². The molecule has 0 fully saturated rings. The number of carbonyl (C=O) groups is 2. The Morgan fingerprint density at radius 3 is 2.12 bits per heavy atom. The van der Waals surface area contributed by atoms with Gasteiger partial charge in [-0.1, -0.05) is 0 Å². The molecular formula is C10H8Cl2N2O3. The summed E-state index contributed by atoms with van der Waals surface area (Å²) in [5, 5.41) is 1.47. The van der Waals surface area contributed by atoms with Crippen LogP contribution >= 0.6 is 23.2 Å². The molecule has 0 bridgehead atoms. The zero-order chi connectivity index (χ0) is 12.8. The van der Waals surface area contributed by atoms with Crippen LogP contribution in [0.2, 0.25) is 0 Å². The second-order valence-corrected chi connectivity index (χ2v) is 3.53. The highest BCUT2D eigenvalue weighted by Gasteiger charge is 2.16. The van der Waals surface area contributed by atoms with Gasteiger partial charge in [-0.05, 0) is 47.5 Å². The maximum absolute atomic E-state index is 10.8. The Hall–Kier alpha value is -1.59. The Labute approximate surface area is 107 Å². The number of hydrazone groups is 1. The number of ether oxygens (including phenoxy) is 1. The molecule has 0 aliphatic rings. The average molecular weight is 275 g/mol. The van der Waals surface area contributed by atoms with Crippen LogP contribution in [0, 0.1) is 0 Å². The first-order valence-corrected chi connectivity index (χ1v) is 5.17. The van der Waals surface area contributed by atoms with Crippen molar-refractivity contribution in [2.45, 2.75) is 0 Å². The van der Waals surface area contributed by atoms with E-state index in [9.17, 15) is 9.59 Å². The smallest absolute Gasteiger partial charge is 0.277 e. The first kappa shape index (κ1) is 13.5. The maximum atomic E-state index is 10.8. The fraction of sp³-hybridized carbons (Fsp3) is 0.100. The summed E-state index contributed by atoms with van der Waals surface area (Å²) in [6, 6.07) is 6.67. The number of anilines is 1. The number of hydrogen-bond donors (Lipinski definition) is 1. The number of hydrogen-bond acceptors (Lipinski definition) is 5. The summed E-state index contributed by atoms with van der Waals surface area (Å²) in [6.45, 7) is 0. The van der Waals surface area contributed by atoms with E-state index in [1.54, 1.807) is 24.3 Å². The first-order valence-electron chi connectivity index (χ1n) is 4.42. The Morgan fingerprint density at radius 2 is 1.71 bits per heavy atom. The number of methoxy groups -OCH3 is 1. The third kappa shape index (κ3) is 4.05. The van der Waals surface area contributed by atoms with Gasteiger partial charge in [-0.2, -0.15) is 5.10 Å². The average Bonchev–Trinajstić information content (AvgIpc) is 2.29. The van der Waals surface area contributed by atoms with Crippen molar-refractivity contribution in [1.29, 1.82) is 0 Å². The molecule has 0 aliphatic carbocycles. The first-order chi connectivity index (χ1) is 8.04. The van der Waals surface area contributed by atoms with Gasteiger partial charge in [-0.3, -0.25) is 15.0 Å². The van der Waals surface area contributed by atoms with Gasteiger partial charge in [-0.25, -0.2) is 0 Å². The molecule has 1 rings (SSSR count). The molecule has 0 radical (unpaired) electrons. The summed E-state index contributed by atoms with van der Waals surface area (Å²) in [7, 11) is 1.54. The van der Waals surface area contributed by atoms with Gasteiger partial charge in [0.15, 0.2) is 0 Å². The van der Waals surface area contributed by atoms with Crippen molar-refractivity contribution in [2.75, 3.05) is 12.5 Å². The second kappa shape index (κ2) is 6.22. The highest BCUT2D eigenvalue weighted by molar-refractivity contribution is 7.01. The number of carbonyl (C=O) groups excluding carboxylic acids is 2. The summed E-state index contributed by atoms with van der Waals surface area (Å²) < 4.78 is 4.96. The minimum Gasteiger partial charge on any atom is -0.497 e. The number of nitrogens with zero attached hydrogens (tertiary/aromatic N) is 1. The lowest BCUT2D eigenvalue weighted by atomic mass is 10.3. The summed E-state index contributed by atoms with van der Waals surface area (Å²) >= 11 is 10.2. The molecule has 0 amide bonds. The molecule has 0 aliphatic heterocycles. The van der Waals surface area contributed by atoms with Gasteiger partial charge in [0.25, 0.3) is 10.5 Å². The molecule has 7 heteroatoms. The van der Waals surface area contributed by atoms with E-state index in [0.29, 0.717) is 11.4 Å². The SMILES string of the molecule is COc1ccc(NN=C(C(=O)Cl)C(=O)Cl)cc1. The van der Waals surface area contributed by atoms with Gasteiger partial charge in [-0.15, -0.1) is 0 Å². The molecule has 1 N–H and O–H groups in total. The fourth-order valence-electron chi connectivity index (χ4n) is 0.951. The van der Waals surface area contributed by atoms with Crippen molar-refractivity contribution < 1.29 is 14.3 Å². The third-order valence-corrected chi connectivity index (χ3v) is 2.12. The predicted octanol–water partition coefficient (Wildman–Crippen LogP) is 1.99. The lowest BCUT2D eigenvalue weighted by Crippen LogP contribution is -2.17. The highest BCUT2D eigenvalue weighted by Crippen LogP contribution is 2.14. The van der Waals surface area contributed by atoms with Gasteiger partial charge >= 0.3 is 0 Å². The standard InChI is InChI=1S/C10H8Cl2N2O3/c1-17-7-4-2-6(3-5-7)13-14-8(9(11)15)10(12)16/h2-5,13H,1H3. The molecule has 0 saturated carbocycles. The molecule has 0 atom stereocenters. The number of rotatable bonds is 5. The van der Waals surface area contributed by atoms with Crippen LogP contribution in [0.5, 0.6) is 5.75 Å². The zero-order valence-corrected chi connectivity index (χ0v) is 10.2. The lowest BCUT2D eigenvalue weighted by molar-refractivity contribution is -0.109. The van der Waals surface area contributed by atoms with Crippen molar-refractivity contribution in [3.8, 4) is 5.75 Å². The normalized spacial score (nSPS) is 9.35. The Balaban J connectivity index is 2.80. The summed E-state index contributed by atoms with van der Waals surface area (Å²) in [6.07, 6.45) is 0. The monoisotopic (exact) mass is 274 g/mol. The molecule has 5 nitrogen and oxygen atoms in total. The highest BCUT2D eigenvalue weighted by atomic mass is 35.5.